The SMILES string of the molecule is CC(C)Oc1c(C(=O)NS(=O)(=O)N(C)C)ccc(C(=O)O)c1F. The fraction of sp³-hybridized carbons (Fsp3) is 0.385. The van der Waals surface area contributed by atoms with Gasteiger partial charge in [-0.15, -0.1) is 0 Å². The van der Waals surface area contributed by atoms with Gasteiger partial charge < -0.3 is 9.84 Å². The fourth-order valence-electron chi connectivity index (χ4n) is 1.51. The summed E-state index contributed by atoms with van der Waals surface area (Å²) in [5, 5.41) is 8.91. The summed E-state index contributed by atoms with van der Waals surface area (Å²) >= 11 is 0. The molecule has 128 valence electrons. The molecule has 0 aromatic heterocycles. The Morgan fingerprint density at radius 1 is 1.26 bits per heavy atom. The molecule has 0 bridgehead atoms. The van der Waals surface area contributed by atoms with Gasteiger partial charge >= 0.3 is 16.2 Å². The molecule has 0 fully saturated rings. The van der Waals surface area contributed by atoms with Crippen LogP contribution >= 0.6 is 0 Å². The summed E-state index contributed by atoms with van der Waals surface area (Å²) in [7, 11) is -1.68. The molecular weight excluding hydrogens is 331 g/mol. The lowest BCUT2D eigenvalue weighted by Gasteiger charge is -2.17. The Morgan fingerprint density at radius 2 is 1.78 bits per heavy atom. The van der Waals surface area contributed by atoms with Crippen molar-refractivity contribution in [2.24, 2.45) is 0 Å². The number of hydrogen-bond acceptors (Lipinski definition) is 5. The summed E-state index contributed by atoms with van der Waals surface area (Å²) in [6.07, 6.45) is -0.564. The van der Waals surface area contributed by atoms with Crippen LogP contribution in [0.4, 0.5) is 4.39 Å². The molecule has 1 amide bonds. The second-order valence-electron chi connectivity index (χ2n) is 4.99. The highest BCUT2D eigenvalue weighted by molar-refractivity contribution is 7.87. The number of aromatic carboxylic acids is 1. The average molecular weight is 348 g/mol. The highest BCUT2D eigenvalue weighted by Gasteiger charge is 2.26. The third-order valence-electron chi connectivity index (χ3n) is 2.63. The molecule has 1 rings (SSSR count). The number of carbonyl (C=O) groups is 2. The minimum absolute atomic E-state index is 0.424. The van der Waals surface area contributed by atoms with Gasteiger partial charge in [-0.25, -0.2) is 13.9 Å². The maximum Gasteiger partial charge on any atom is 0.338 e. The first-order valence-electron chi connectivity index (χ1n) is 6.44. The van der Waals surface area contributed by atoms with Crippen LogP contribution in [0.15, 0.2) is 12.1 Å². The summed E-state index contributed by atoms with van der Waals surface area (Å²) in [5.74, 6) is -4.54. The van der Waals surface area contributed by atoms with Crippen molar-refractivity contribution in [3.05, 3.63) is 29.1 Å². The van der Waals surface area contributed by atoms with Crippen molar-refractivity contribution in [2.45, 2.75) is 20.0 Å². The van der Waals surface area contributed by atoms with Gasteiger partial charge in [0, 0.05) is 14.1 Å². The van der Waals surface area contributed by atoms with Crippen molar-refractivity contribution in [1.29, 1.82) is 0 Å². The zero-order chi connectivity index (χ0) is 17.9. The van der Waals surface area contributed by atoms with Crippen LogP contribution in [0.5, 0.6) is 5.75 Å². The second kappa shape index (κ2) is 6.92. The van der Waals surface area contributed by atoms with Crippen LogP contribution in [0, 0.1) is 5.82 Å². The molecule has 0 radical (unpaired) electrons. The van der Waals surface area contributed by atoms with E-state index in [4.69, 9.17) is 9.84 Å². The Morgan fingerprint density at radius 3 is 2.22 bits per heavy atom. The Labute approximate surface area is 133 Å². The van der Waals surface area contributed by atoms with Crippen molar-refractivity contribution in [3.63, 3.8) is 0 Å². The summed E-state index contributed by atoms with van der Waals surface area (Å²) in [6.45, 7) is 3.09. The van der Waals surface area contributed by atoms with Crippen LogP contribution in [0.25, 0.3) is 0 Å². The number of carboxylic acid groups (broad SMARTS) is 1. The number of carbonyl (C=O) groups excluding carboxylic acids is 1. The zero-order valence-corrected chi connectivity index (χ0v) is 13.8. The Kier molecular flexibility index (Phi) is 5.67. The Hall–Kier alpha value is -2.20. The van der Waals surface area contributed by atoms with Crippen LogP contribution < -0.4 is 9.46 Å². The van der Waals surface area contributed by atoms with E-state index in [0.29, 0.717) is 0 Å². The molecule has 1 aromatic carbocycles. The highest BCUT2D eigenvalue weighted by Crippen LogP contribution is 2.27. The Bertz CT molecular complexity index is 730. The largest absolute Gasteiger partial charge is 0.487 e. The Balaban J connectivity index is 3.38. The van der Waals surface area contributed by atoms with E-state index < -0.39 is 50.9 Å². The van der Waals surface area contributed by atoms with Gasteiger partial charge in [0.25, 0.3) is 5.91 Å². The molecule has 0 aliphatic carbocycles. The van der Waals surface area contributed by atoms with Gasteiger partial charge in [0.15, 0.2) is 11.6 Å². The minimum Gasteiger partial charge on any atom is -0.487 e. The van der Waals surface area contributed by atoms with Crippen molar-refractivity contribution in [2.75, 3.05) is 14.1 Å². The zero-order valence-electron chi connectivity index (χ0n) is 13.0. The van der Waals surface area contributed by atoms with Gasteiger partial charge in [-0.3, -0.25) is 4.79 Å². The number of hydrogen-bond donors (Lipinski definition) is 2. The molecule has 0 saturated carbocycles. The molecule has 0 spiro atoms. The van der Waals surface area contributed by atoms with Crippen LogP contribution in [0.1, 0.15) is 34.6 Å². The number of nitrogens with zero attached hydrogens (tertiary/aromatic N) is 1. The monoisotopic (exact) mass is 348 g/mol. The van der Waals surface area contributed by atoms with Crippen molar-refractivity contribution >= 4 is 22.1 Å². The van der Waals surface area contributed by atoms with E-state index in [1.54, 1.807) is 18.6 Å². The normalized spacial score (nSPS) is 11.6. The van der Waals surface area contributed by atoms with Crippen LogP contribution in [-0.2, 0) is 10.2 Å². The standard InChI is InChI=1S/C13H17FN2O6S/c1-7(2)22-11-9(6-5-8(10(11)14)13(18)19)12(17)15-23(20,21)16(3)4/h5-7H,1-4H3,(H,15,17)(H,18,19). The van der Waals surface area contributed by atoms with E-state index in [2.05, 4.69) is 0 Å². The topological polar surface area (TPSA) is 113 Å². The maximum absolute atomic E-state index is 14.3. The molecular formula is C13H17FN2O6S. The summed E-state index contributed by atoms with van der Waals surface area (Å²) in [4.78, 5) is 23.0. The average Bonchev–Trinajstić information content (AvgIpc) is 2.39. The molecule has 0 atom stereocenters. The predicted octanol–water partition coefficient (Wildman–Crippen LogP) is 0.847. The summed E-state index contributed by atoms with van der Waals surface area (Å²) in [5.41, 5.74) is -1.11. The van der Waals surface area contributed by atoms with Gasteiger partial charge in [0.2, 0.25) is 0 Å². The second-order valence-corrected chi connectivity index (χ2v) is 6.88. The van der Waals surface area contributed by atoms with Crippen LogP contribution in [0.2, 0.25) is 0 Å². The lowest BCUT2D eigenvalue weighted by atomic mass is 10.1. The van der Waals surface area contributed by atoms with E-state index in [9.17, 15) is 22.4 Å². The highest BCUT2D eigenvalue weighted by atomic mass is 32.2. The third-order valence-corrected chi connectivity index (χ3v) is 4.03. The van der Waals surface area contributed by atoms with E-state index >= 15 is 0 Å². The van der Waals surface area contributed by atoms with Crippen LogP contribution in [0.3, 0.4) is 0 Å². The van der Waals surface area contributed by atoms with Gasteiger partial charge in [-0.05, 0) is 26.0 Å². The molecule has 0 heterocycles. The van der Waals surface area contributed by atoms with Gasteiger partial charge in [0.1, 0.15) is 0 Å². The molecule has 8 nitrogen and oxygen atoms in total. The van der Waals surface area contributed by atoms with Gasteiger partial charge in [-0.1, -0.05) is 0 Å². The molecule has 23 heavy (non-hydrogen) atoms. The number of nitrogens with one attached hydrogen (secondary N) is 1. The first-order chi connectivity index (χ1) is 10.5. The number of carboxylic acids is 1. The lowest BCUT2D eigenvalue weighted by Crippen LogP contribution is -2.39. The quantitative estimate of drug-likeness (QED) is 0.788. The smallest absolute Gasteiger partial charge is 0.338 e. The van der Waals surface area contributed by atoms with Crippen LogP contribution in [-0.4, -0.2) is 49.9 Å². The molecule has 0 aliphatic heterocycles. The summed E-state index contributed by atoms with van der Waals surface area (Å²) < 4.78 is 45.2. The lowest BCUT2D eigenvalue weighted by molar-refractivity contribution is 0.0689. The van der Waals surface area contributed by atoms with E-state index in [-0.39, 0.29) is 0 Å². The minimum atomic E-state index is -4.09. The number of amides is 1. The van der Waals surface area contributed by atoms with E-state index in [1.807, 2.05) is 0 Å². The molecule has 2 N–H and O–H groups in total. The van der Waals surface area contributed by atoms with Crippen molar-refractivity contribution < 1.29 is 32.2 Å². The van der Waals surface area contributed by atoms with Gasteiger partial charge in [0.05, 0.1) is 17.2 Å². The van der Waals surface area contributed by atoms with E-state index in [0.717, 1.165) is 16.4 Å². The molecule has 10 heteroatoms. The third kappa shape index (κ3) is 4.39. The summed E-state index contributed by atoms with van der Waals surface area (Å²) in [6, 6.07) is 1.85. The predicted molar refractivity (Wildman–Crippen MR) is 79.2 cm³/mol. The first-order valence-corrected chi connectivity index (χ1v) is 7.88. The van der Waals surface area contributed by atoms with Crippen molar-refractivity contribution in [1.82, 2.24) is 9.03 Å². The van der Waals surface area contributed by atoms with E-state index in [1.165, 1.54) is 14.1 Å². The number of ether oxygens (including phenoxy) is 1. The van der Waals surface area contributed by atoms with Gasteiger partial charge in [-0.2, -0.15) is 12.7 Å². The first kappa shape index (κ1) is 18.8. The van der Waals surface area contributed by atoms with Crippen molar-refractivity contribution in [3.8, 4) is 5.75 Å². The number of rotatable bonds is 6. The fourth-order valence-corrected chi connectivity index (χ4v) is 2.04. The number of halogens is 1. The molecule has 0 aliphatic rings. The molecule has 0 saturated heterocycles. The number of benzene rings is 1. The molecule has 0 unspecified atom stereocenters. The maximum atomic E-state index is 14.3. The molecule has 1 aromatic rings.